The van der Waals surface area contributed by atoms with E-state index in [0.717, 1.165) is 24.7 Å². The number of para-hydroxylation sites is 1. The van der Waals surface area contributed by atoms with Gasteiger partial charge in [-0.3, -0.25) is 9.79 Å². The highest BCUT2D eigenvalue weighted by molar-refractivity contribution is 14.0. The Morgan fingerprint density at radius 1 is 1.17 bits per heavy atom. The first-order chi connectivity index (χ1) is 11.1. The number of nitrogens with one attached hydrogen (secondary N) is 2. The van der Waals surface area contributed by atoms with Crippen molar-refractivity contribution in [2.45, 2.75) is 45.6 Å². The van der Waals surface area contributed by atoms with Crippen LogP contribution in [-0.4, -0.2) is 42.4 Å². The molecule has 1 saturated heterocycles. The first-order valence-corrected chi connectivity index (χ1v) is 8.56. The van der Waals surface area contributed by atoms with Gasteiger partial charge in [0.1, 0.15) is 0 Å². The second-order valence-corrected chi connectivity index (χ2v) is 6.22. The van der Waals surface area contributed by atoms with E-state index in [0.29, 0.717) is 13.0 Å². The van der Waals surface area contributed by atoms with E-state index in [1.807, 2.05) is 44.2 Å². The average molecular weight is 444 g/mol. The first kappa shape index (κ1) is 20.7. The monoisotopic (exact) mass is 444 g/mol. The van der Waals surface area contributed by atoms with Crippen molar-refractivity contribution in [3.63, 3.8) is 0 Å². The molecule has 0 bridgehead atoms. The van der Waals surface area contributed by atoms with Gasteiger partial charge in [-0.1, -0.05) is 18.2 Å². The van der Waals surface area contributed by atoms with Crippen LogP contribution in [0.15, 0.2) is 35.3 Å². The van der Waals surface area contributed by atoms with Gasteiger partial charge in [-0.25, -0.2) is 0 Å². The number of aliphatic imine (C=N–C) groups is 1. The maximum atomic E-state index is 11.8. The molecule has 0 aromatic heterocycles. The van der Waals surface area contributed by atoms with Gasteiger partial charge in [0, 0.05) is 31.2 Å². The minimum Gasteiger partial charge on any atom is -0.354 e. The summed E-state index contributed by atoms with van der Waals surface area (Å²) in [6, 6.07) is 10.3. The zero-order valence-corrected chi connectivity index (χ0v) is 17.0. The van der Waals surface area contributed by atoms with E-state index in [9.17, 15) is 4.79 Å². The summed E-state index contributed by atoms with van der Waals surface area (Å²) in [7, 11) is 0. The Labute approximate surface area is 162 Å². The molecule has 0 radical (unpaired) electrons. The van der Waals surface area contributed by atoms with Gasteiger partial charge in [0.25, 0.3) is 0 Å². The molecule has 134 valence electrons. The standard InChI is InChI=1S/C18H28N4O.HI/c1-15(2)20-17(23)11-12-19-18(22-13-7-4-8-14-22)21-16-9-5-3-6-10-16;/h3,5-6,9-10,15H,4,7-8,11-14H2,1-2H3,(H,19,21)(H,20,23);1H. The van der Waals surface area contributed by atoms with E-state index in [4.69, 9.17) is 0 Å². The predicted molar refractivity (Wildman–Crippen MR) is 111 cm³/mol. The van der Waals surface area contributed by atoms with Crippen molar-refractivity contribution in [3.8, 4) is 0 Å². The molecule has 0 aliphatic carbocycles. The van der Waals surface area contributed by atoms with Crippen LogP contribution >= 0.6 is 24.0 Å². The van der Waals surface area contributed by atoms with E-state index in [1.54, 1.807) is 0 Å². The molecule has 1 aromatic carbocycles. The van der Waals surface area contributed by atoms with Gasteiger partial charge in [-0.2, -0.15) is 0 Å². The van der Waals surface area contributed by atoms with Gasteiger partial charge in [-0.05, 0) is 45.2 Å². The van der Waals surface area contributed by atoms with Gasteiger partial charge in [0.05, 0.1) is 6.54 Å². The molecule has 0 saturated carbocycles. The molecule has 0 unspecified atom stereocenters. The van der Waals surface area contributed by atoms with Crippen LogP contribution in [0.4, 0.5) is 5.69 Å². The van der Waals surface area contributed by atoms with Crippen molar-refractivity contribution < 1.29 is 4.79 Å². The summed E-state index contributed by atoms with van der Waals surface area (Å²) < 4.78 is 0. The van der Waals surface area contributed by atoms with Crippen molar-refractivity contribution in [2.75, 3.05) is 25.0 Å². The second kappa shape index (κ2) is 11.3. The predicted octanol–water partition coefficient (Wildman–Crippen LogP) is 3.47. The van der Waals surface area contributed by atoms with Crippen LogP contribution in [0.25, 0.3) is 0 Å². The topological polar surface area (TPSA) is 56.7 Å². The lowest BCUT2D eigenvalue weighted by molar-refractivity contribution is -0.121. The third kappa shape index (κ3) is 7.51. The molecule has 1 aliphatic rings. The van der Waals surface area contributed by atoms with Crippen molar-refractivity contribution in [1.29, 1.82) is 0 Å². The summed E-state index contributed by atoms with van der Waals surface area (Å²) in [6.07, 6.45) is 4.10. The summed E-state index contributed by atoms with van der Waals surface area (Å²) in [4.78, 5) is 18.7. The molecular formula is C18H29IN4O. The lowest BCUT2D eigenvalue weighted by Crippen LogP contribution is -2.40. The Morgan fingerprint density at radius 2 is 1.83 bits per heavy atom. The van der Waals surface area contributed by atoms with Gasteiger partial charge in [0.15, 0.2) is 5.96 Å². The Balaban J connectivity index is 0.00000288. The quantitative estimate of drug-likeness (QED) is 0.416. The SMILES string of the molecule is CC(C)NC(=O)CCN=C(Nc1ccccc1)N1CCCCC1.I. The number of rotatable bonds is 5. The minimum atomic E-state index is 0. The smallest absolute Gasteiger partial charge is 0.222 e. The molecule has 0 atom stereocenters. The van der Waals surface area contributed by atoms with Crippen LogP contribution in [0.1, 0.15) is 39.5 Å². The average Bonchev–Trinajstić information content (AvgIpc) is 2.55. The fraction of sp³-hybridized carbons (Fsp3) is 0.556. The number of carbonyl (C=O) groups is 1. The number of amides is 1. The van der Waals surface area contributed by atoms with Crippen LogP contribution in [0, 0.1) is 0 Å². The van der Waals surface area contributed by atoms with Gasteiger partial charge < -0.3 is 15.5 Å². The van der Waals surface area contributed by atoms with Gasteiger partial charge in [-0.15, -0.1) is 24.0 Å². The number of likely N-dealkylation sites (tertiary alicyclic amines) is 1. The molecule has 1 aromatic rings. The highest BCUT2D eigenvalue weighted by Crippen LogP contribution is 2.12. The molecule has 1 aliphatic heterocycles. The van der Waals surface area contributed by atoms with E-state index in [1.165, 1.54) is 19.3 Å². The van der Waals surface area contributed by atoms with E-state index in [2.05, 4.69) is 20.5 Å². The molecule has 0 spiro atoms. The third-order valence-electron chi connectivity index (χ3n) is 3.74. The van der Waals surface area contributed by atoms with Gasteiger partial charge >= 0.3 is 0 Å². The second-order valence-electron chi connectivity index (χ2n) is 6.22. The Hall–Kier alpha value is -1.31. The first-order valence-electron chi connectivity index (χ1n) is 8.56. The summed E-state index contributed by atoms with van der Waals surface area (Å²) in [5.41, 5.74) is 1.03. The molecule has 6 heteroatoms. The number of nitrogens with zero attached hydrogens (tertiary/aromatic N) is 2. The number of halogens is 1. The molecule has 1 amide bonds. The number of hydrogen-bond acceptors (Lipinski definition) is 2. The number of guanidine groups is 1. The summed E-state index contributed by atoms with van der Waals surface area (Å²) in [5, 5.41) is 6.31. The lowest BCUT2D eigenvalue weighted by atomic mass is 10.1. The van der Waals surface area contributed by atoms with Crippen molar-refractivity contribution in [1.82, 2.24) is 10.2 Å². The number of anilines is 1. The van der Waals surface area contributed by atoms with Crippen molar-refractivity contribution in [2.24, 2.45) is 4.99 Å². The van der Waals surface area contributed by atoms with Crippen molar-refractivity contribution in [3.05, 3.63) is 30.3 Å². The Bertz CT molecular complexity index is 513. The maximum Gasteiger partial charge on any atom is 0.222 e. The van der Waals surface area contributed by atoms with E-state index in [-0.39, 0.29) is 35.9 Å². The largest absolute Gasteiger partial charge is 0.354 e. The molecule has 24 heavy (non-hydrogen) atoms. The number of carbonyl (C=O) groups excluding carboxylic acids is 1. The normalized spacial score (nSPS) is 15.0. The minimum absolute atomic E-state index is 0. The van der Waals surface area contributed by atoms with E-state index < -0.39 is 0 Å². The maximum absolute atomic E-state index is 11.8. The van der Waals surface area contributed by atoms with Crippen LogP contribution in [0.3, 0.4) is 0 Å². The summed E-state index contributed by atoms with van der Waals surface area (Å²) in [6.45, 7) is 6.49. The highest BCUT2D eigenvalue weighted by Gasteiger charge is 2.15. The van der Waals surface area contributed by atoms with Crippen LogP contribution < -0.4 is 10.6 Å². The number of benzene rings is 1. The fourth-order valence-corrected chi connectivity index (χ4v) is 2.63. The van der Waals surface area contributed by atoms with Crippen molar-refractivity contribution >= 4 is 41.5 Å². The van der Waals surface area contributed by atoms with Crippen LogP contribution in [-0.2, 0) is 4.79 Å². The van der Waals surface area contributed by atoms with Crippen LogP contribution in [0.2, 0.25) is 0 Å². The molecule has 2 N–H and O–H groups in total. The lowest BCUT2D eigenvalue weighted by Gasteiger charge is -2.30. The molecule has 5 nitrogen and oxygen atoms in total. The fourth-order valence-electron chi connectivity index (χ4n) is 2.63. The third-order valence-corrected chi connectivity index (χ3v) is 3.74. The van der Waals surface area contributed by atoms with E-state index >= 15 is 0 Å². The zero-order chi connectivity index (χ0) is 16.5. The number of hydrogen-bond donors (Lipinski definition) is 2. The Morgan fingerprint density at radius 3 is 2.46 bits per heavy atom. The zero-order valence-electron chi connectivity index (χ0n) is 14.6. The summed E-state index contributed by atoms with van der Waals surface area (Å²) >= 11 is 0. The Kier molecular flexibility index (Phi) is 9.75. The molecular weight excluding hydrogens is 415 g/mol. The van der Waals surface area contributed by atoms with Crippen LogP contribution in [0.5, 0.6) is 0 Å². The molecule has 1 heterocycles. The highest BCUT2D eigenvalue weighted by atomic mass is 127. The molecule has 2 rings (SSSR count). The number of piperidine rings is 1. The molecule has 1 fully saturated rings. The summed E-state index contributed by atoms with van der Waals surface area (Å²) in [5.74, 6) is 0.940. The van der Waals surface area contributed by atoms with Gasteiger partial charge in [0.2, 0.25) is 5.91 Å².